The molecule has 0 aliphatic rings. The van der Waals surface area contributed by atoms with Gasteiger partial charge in [-0.1, -0.05) is 67.6 Å². The molecule has 0 spiro atoms. The van der Waals surface area contributed by atoms with Gasteiger partial charge in [0.1, 0.15) is 0 Å². The van der Waals surface area contributed by atoms with Gasteiger partial charge in [0.25, 0.3) is 0 Å². The van der Waals surface area contributed by atoms with Crippen LogP contribution in [0.25, 0.3) is 6.08 Å². The van der Waals surface area contributed by atoms with E-state index in [0.29, 0.717) is 11.3 Å². The van der Waals surface area contributed by atoms with Gasteiger partial charge < -0.3 is 0 Å². The van der Waals surface area contributed by atoms with Crippen LogP contribution in [0.1, 0.15) is 18.9 Å². The third-order valence-electron chi connectivity index (χ3n) is 3.18. The molecular formula is C17H18O2S. The third kappa shape index (κ3) is 3.36. The van der Waals surface area contributed by atoms with Crippen molar-refractivity contribution in [3.05, 3.63) is 72.3 Å². The van der Waals surface area contributed by atoms with E-state index in [-0.39, 0.29) is 0 Å². The molecule has 0 aliphatic carbocycles. The Hall–Kier alpha value is -1.87. The van der Waals surface area contributed by atoms with E-state index in [9.17, 15) is 8.42 Å². The van der Waals surface area contributed by atoms with E-state index in [4.69, 9.17) is 0 Å². The summed E-state index contributed by atoms with van der Waals surface area (Å²) in [4.78, 5) is 0.379. The van der Waals surface area contributed by atoms with Crippen LogP contribution in [0, 0.1) is 0 Å². The highest BCUT2D eigenvalue weighted by Gasteiger charge is 2.23. The average molecular weight is 286 g/mol. The molecule has 0 N–H and O–H groups in total. The van der Waals surface area contributed by atoms with Crippen molar-refractivity contribution in [1.82, 2.24) is 0 Å². The van der Waals surface area contributed by atoms with Crippen LogP contribution in [0.15, 0.2) is 71.6 Å². The first-order chi connectivity index (χ1) is 9.64. The molecule has 1 atom stereocenters. The molecule has 0 fully saturated rings. The SMILES string of the molecule is CC[C@@H](/C=C/c1ccccc1)S(=O)(=O)c1ccccc1. The van der Waals surface area contributed by atoms with Crippen molar-refractivity contribution >= 4 is 15.9 Å². The Bertz CT molecular complexity index is 659. The first-order valence-corrected chi connectivity index (χ1v) is 8.21. The van der Waals surface area contributed by atoms with Crippen LogP contribution in [0.2, 0.25) is 0 Å². The molecule has 0 heterocycles. The second-order valence-corrected chi connectivity index (χ2v) is 6.74. The van der Waals surface area contributed by atoms with E-state index in [2.05, 4.69) is 0 Å². The molecule has 0 radical (unpaired) electrons. The maximum atomic E-state index is 12.5. The first kappa shape index (κ1) is 14.5. The minimum Gasteiger partial charge on any atom is -0.223 e. The topological polar surface area (TPSA) is 34.1 Å². The minimum absolute atomic E-state index is 0.379. The summed E-state index contributed by atoms with van der Waals surface area (Å²) in [6, 6.07) is 18.3. The normalized spacial score (nSPS) is 13.4. The molecule has 0 saturated carbocycles. The van der Waals surface area contributed by atoms with Gasteiger partial charge in [0.15, 0.2) is 9.84 Å². The lowest BCUT2D eigenvalue weighted by Gasteiger charge is -2.12. The zero-order valence-electron chi connectivity index (χ0n) is 11.4. The summed E-state index contributed by atoms with van der Waals surface area (Å²) in [7, 11) is -3.31. The second-order valence-electron chi connectivity index (χ2n) is 4.57. The predicted octanol–water partition coefficient (Wildman–Crippen LogP) is 3.95. The van der Waals surface area contributed by atoms with Crippen molar-refractivity contribution in [1.29, 1.82) is 0 Å². The molecule has 0 unspecified atom stereocenters. The average Bonchev–Trinajstić information content (AvgIpc) is 2.49. The van der Waals surface area contributed by atoms with Crippen LogP contribution in [-0.2, 0) is 9.84 Å². The van der Waals surface area contributed by atoms with Crippen LogP contribution in [-0.4, -0.2) is 13.7 Å². The van der Waals surface area contributed by atoms with E-state index < -0.39 is 15.1 Å². The smallest absolute Gasteiger partial charge is 0.184 e. The first-order valence-electron chi connectivity index (χ1n) is 6.67. The molecule has 0 bridgehead atoms. The number of hydrogen-bond donors (Lipinski definition) is 0. The third-order valence-corrected chi connectivity index (χ3v) is 5.39. The number of sulfone groups is 1. The summed E-state index contributed by atoms with van der Waals surface area (Å²) in [5, 5.41) is -0.495. The zero-order chi connectivity index (χ0) is 14.4. The van der Waals surface area contributed by atoms with Gasteiger partial charge in [-0.25, -0.2) is 8.42 Å². The lowest BCUT2D eigenvalue weighted by Crippen LogP contribution is -2.18. The summed E-state index contributed by atoms with van der Waals surface area (Å²) >= 11 is 0. The van der Waals surface area contributed by atoms with Crippen molar-refractivity contribution in [3.8, 4) is 0 Å². The fraction of sp³-hybridized carbons (Fsp3) is 0.176. The highest BCUT2D eigenvalue weighted by Crippen LogP contribution is 2.20. The van der Waals surface area contributed by atoms with Gasteiger partial charge in [0, 0.05) is 0 Å². The Morgan fingerprint density at radius 1 is 0.950 bits per heavy atom. The van der Waals surface area contributed by atoms with E-state index in [1.807, 2.05) is 49.4 Å². The molecule has 0 saturated heterocycles. The van der Waals surface area contributed by atoms with Crippen molar-refractivity contribution < 1.29 is 8.42 Å². The van der Waals surface area contributed by atoms with Gasteiger partial charge >= 0.3 is 0 Å². The van der Waals surface area contributed by atoms with Crippen molar-refractivity contribution in [2.45, 2.75) is 23.5 Å². The minimum atomic E-state index is -3.31. The van der Waals surface area contributed by atoms with Gasteiger partial charge in [-0.3, -0.25) is 0 Å². The zero-order valence-corrected chi connectivity index (χ0v) is 12.3. The lowest BCUT2D eigenvalue weighted by molar-refractivity contribution is 0.586. The fourth-order valence-electron chi connectivity index (χ4n) is 2.03. The van der Waals surface area contributed by atoms with Gasteiger partial charge in [0.2, 0.25) is 0 Å². The summed E-state index contributed by atoms with van der Waals surface area (Å²) in [6.07, 6.45) is 4.20. The maximum absolute atomic E-state index is 12.5. The Morgan fingerprint density at radius 2 is 1.50 bits per heavy atom. The van der Waals surface area contributed by atoms with Crippen LogP contribution in [0.4, 0.5) is 0 Å². The molecule has 0 aromatic heterocycles. The van der Waals surface area contributed by atoms with E-state index >= 15 is 0 Å². The van der Waals surface area contributed by atoms with Gasteiger partial charge in [0.05, 0.1) is 10.1 Å². The molecule has 0 aliphatic heterocycles. The molecule has 0 amide bonds. The van der Waals surface area contributed by atoms with E-state index in [1.54, 1.807) is 30.3 Å². The summed E-state index contributed by atoms with van der Waals surface area (Å²) in [5.41, 5.74) is 1.01. The Balaban J connectivity index is 2.27. The van der Waals surface area contributed by atoms with Gasteiger partial charge in [-0.15, -0.1) is 0 Å². The number of rotatable bonds is 5. The lowest BCUT2D eigenvalue weighted by atomic mass is 10.2. The van der Waals surface area contributed by atoms with Crippen molar-refractivity contribution in [3.63, 3.8) is 0 Å². The highest BCUT2D eigenvalue weighted by molar-refractivity contribution is 7.92. The van der Waals surface area contributed by atoms with Gasteiger partial charge in [-0.2, -0.15) is 0 Å². The number of benzene rings is 2. The molecule has 2 rings (SSSR count). The summed E-state index contributed by atoms with van der Waals surface area (Å²) in [5.74, 6) is 0. The van der Waals surface area contributed by atoms with Crippen molar-refractivity contribution in [2.75, 3.05) is 0 Å². The van der Waals surface area contributed by atoms with E-state index in [0.717, 1.165) is 5.56 Å². The maximum Gasteiger partial charge on any atom is 0.184 e. The van der Waals surface area contributed by atoms with Crippen molar-refractivity contribution in [2.24, 2.45) is 0 Å². The molecule has 2 aromatic rings. The second kappa shape index (κ2) is 6.53. The van der Waals surface area contributed by atoms with E-state index in [1.165, 1.54) is 0 Å². The molecule has 2 aromatic carbocycles. The summed E-state index contributed by atoms with van der Waals surface area (Å²) in [6.45, 7) is 1.89. The predicted molar refractivity (Wildman–Crippen MR) is 83.2 cm³/mol. The monoisotopic (exact) mass is 286 g/mol. The van der Waals surface area contributed by atoms with Crippen LogP contribution >= 0.6 is 0 Å². The summed E-state index contributed by atoms with van der Waals surface area (Å²) < 4.78 is 25.1. The van der Waals surface area contributed by atoms with Crippen LogP contribution in [0.3, 0.4) is 0 Å². The largest absolute Gasteiger partial charge is 0.223 e. The molecule has 3 heteroatoms. The highest BCUT2D eigenvalue weighted by atomic mass is 32.2. The van der Waals surface area contributed by atoms with Crippen LogP contribution < -0.4 is 0 Å². The molecule has 20 heavy (non-hydrogen) atoms. The molecular weight excluding hydrogens is 268 g/mol. The standard InChI is InChI=1S/C17H18O2S/c1-2-16(14-13-15-9-5-3-6-10-15)20(18,19)17-11-7-4-8-12-17/h3-14,16H,2H2,1H3/b14-13+/t16-/m0/s1. The van der Waals surface area contributed by atoms with Crippen LogP contribution in [0.5, 0.6) is 0 Å². The molecule has 2 nitrogen and oxygen atoms in total. The number of hydrogen-bond acceptors (Lipinski definition) is 2. The fourth-order valence-corrected chi connectivity index (χ4v) is 3.64. The van der Waals surface area contributed by atoms with Gasteiger partial charge in [-0.05, 0) is 24.1 Å². The Labute approximate surface area is 120 Å². The Morgan fingerprint density at radius 3 is 2.05 bits per heavy atom. The molecule has 104 valence electrons. The quantitative estimate of drug-likeness (QED) is 0.834. The Kier molecular flexibility index (Phi) is 4.74.